The topological polar surface area (TPSA) is 48.0 Å². The van der Waals surface area contributed by atoms with Gasteiger partial charge in [-0.25, -0.2) is 0 Å². The van der Waals surface area contributed by atoms with Crippen molar-refractivity contribution in [3.8, 4) is 0 Å². The molecule has 1 aromatic carbocycles. The molecule has 0 saturated heterocycles. The van der Waals surface area contributed by atoms with Gasteiger partial charge in [-0.05, 0) is 13.1 Å². The molecule has 1 heterocycles. The summed E-state index contributed by atoms with van der Waals surface area (Å²) in [6, 6.07) is 3.59. The lowest BCUT2D eigenvalue weighted by Crippen LogP contribution is -2.16. The third-order valence-corrected chi connectivity index (χ3v) is 3.34. The highest BCUT2D eigenvalue weighted by atomic mass is 35.5. The van der Waals surface area contributed by atoms with E-state index in [4.69, 9.17) is 23.2 Å². The number of rotatable bonds is 3. The minimum atomic E-state index is -0.559. The van der Waals surface area contributed by atoms with Crippen molar-refractivity contribution in [2.45, 2.75) is 6.10 Å². The molecule has 1 aromatic heterocycles. The van der Waals surface area contributed by atoms with Crippen LogP contribution in [0.4, 0.5) is 0 Å². The van der Waals surface area contributed by atoms with Crippen LogP contribution in [-0.4, -0.2) is 23.7 Å². The second-order valence-electron chi connectivity index (χ2n) is 3.60. The predicted molar refractivity (Wildman–Crippen MR) is 67.2 cm³/mol. The van der Waals surface area contributed by atoms with Crippen molar-refractivity contribution in [3.63, 3.8) is 0 Å². The number of benzene rings is 1. The summed E-state index contributed by atoms with van der Waals surface area (Å²) in [6.07, 6.45) is 1.20. The second kappa shape index (κ2) is 4.63. The van der Waals surface area contributed by atoms with Gasteiger partial charge >= 0.3 is 0 Å². The summed E-state index contributed by atoms with van der Waals surface area (Å²) in [5, 5.41) is 14.7. The van der Waals surface area contributed by atoms with Crippen molar-refractivity contribution in [2.75, 3.05) is 13.6 Å². The van der Waals surface area contributed by atoms with Gasteiger partial charge in [0.05, 0.1) is 21.7 Å². The maximum atomic E-state index is 9.91. The molecule has 0 fully saturated rings. The quantitative estimate of drug-likeness (QED) is 0.793. The fourth-order valence-corrected chi connectivity index (χ4v) is 2.12. The third kappa shape index (κ3) is 1.92. The summed E-state index contributed by atoms with van der Waals surface area (Å²) in [6.45, 7) is 0.493. The summed E-state index contributed by atoms with van der Waals surface area (Å²) in [4.78, 5) is 3.03. The van der Waals surface area contributed by atoms with E-state index in [0.717, 1.165) is 16.5 Å². The van der Waals surface area contributed by atoms with Crippen molar-refractivity contribution in [1.29, 1.82) is 0 Å². The van der Waals surface area contributed by atoms with Gasteiger partial charge in [0, 0.05) is 23.7 Å². The molecule has 0 amide bonds. The first-order chi connectivity index (χ1) is 7.65. The van der Waals surface area contributed by atoms with E-state index in [1.165, 1.54) is 0 Å². The Morgan fingerprint density at radius 1 is 1.44 bits per heavy atom. The SMILES string of the molecule is CNCC(O)c1c[nH]c2c(Cl)c(Cl)ccc12. The lowest BCUT2D eigenvalue weighted by atomic mass is 10.1. The first-order valence-electron chi connectivity index (χ1n) is 4.92. The molecule has 0 bridgehead atoms. The van der Waals surface area contributed by atoms with E-state index >= 15 is 0 Å². The van der Waals surface area contributed by atoms with Gasteiger partial charge in [-0.3, -0.25) is 0 Å². The van der Waals surface area contributed by atoms with E-state index in [-0.39, 0.29) is 0 Å². The summed E-state index contributed by atoms with van der Waals surface area (Å²) in [7, 11) is 1.79. The van der Waals surface area contributed by atoms with E-state index in [1.807, 2.05) is 6.07 Å². The van der Waals surface area contributed by atoms with Crippen molar-refractivity contribution in [2.24, 2.45) is 0 Å². The Morgan fingerprint density at radius 2 is 2.19 bits per heavy atom. The largest absolute Gasteiger partial charge is 0.387 e. The Labute approximate surface area is 103 Å². The smallest absolute Gasteiger partial charge is 0.0934 e. The Balaban J connectivity index is 2.53. The zero-order valence-electron chi connectivity index (χ0n) is 8.72. The number of hydrogen-bond donors (Lipinski definition) is 3. The molecule has 0 spiro atoms. The number of H-pyrrole nitrogens is 1. The molecule has 5 heteroatoms. The summed E-state index contributed by atoms with van der Waals surface area (Å²) >= 11 is 12.0. The average Bonchev–Trinajstić information content (AvgIpc) is 2.68. The van der Waals surface area contributed by atoms with Gasteiger partial charge in [0.25, 0.3) is 0 Å². The van der Waals surface area contributed by atoms with E-state index in [1.54, 1.807) is 19.3 Å². The molecule has 0 aliphatic heterocycles. The number of aromatic nitrogens is 1. The molecule has 0 radical (unpaired) electrons. The lowest BCUT2D eigenvalue weighted by molar-refractivity contribution is 0.179. The molecular formula is C11H12Cl2N2O. The highest BCUT2D eigenvalue weighted by Crippen LogP contribution is 2.33. The van der Waals surface area contributed by atoms with Gasteiger partial charge in [0.15, 0.2) is 0 Å². The standard InChI is InChI=1S/C11H12Cl2N2O/c1-14-5-9(16)7-4-15-11-6(7)2-3-8(12)10(11)13/h2-4,9,14-16H,5H2,1H3. The molecule has 86 valence electrons. The molecule has 16 heavy (non-hydrogen) atoms. The maximum Gasteiger partial charge on any atom is 0.0934 e. The van der Waals surface area contributed by atoms with Gasteiger partial charge in [-0.2, -0.15) is 0 Å². The molecule has 3 N–H and O–H groups in total. The van der Waals surface area contributed by atoms with Crippen molar-refractivity contribution < 1.29 is 5.11 Å². The Hall–Kier alpha value is -0.740. The minimum absolute atomic E-state index is 0.488. The predicted octanol–water partition coefficient (Wildman–Crippen LogP) is 2.73. The Kier molecular flexibility index (Phi) is 3.40. The number of fused-ring (bicyclic) bond motifs is 1. The lowest BCUT2D eigenvalue weighted by Gasteiger charge is -2.08. The van der Waals surface area contributed by atoms with E-state index in [2.05, 4.69) is 10.3 Å². The zero-order chi connectivity index (χ0) is 11.7. The van der Waals surface area contributed by atoms with Crippen molar-refractivity contribution in [1.82, 2.24) is 10.3 Å². The highest BCUT2D eigenvalue weighted by Gasteiger charge is 2.14. The Morgan fingerprint density at radius 3 is 2.88 bits per heavy atom. The first kappa shape index (κ1) is 11.7. The van der Waals surface area contributed by atoms with Gasteiger partial charge < -0.3 is 15.4 Å². The maximum absolute atomic E-state index is 9.91. The van der Waals surface area contributed by atoms with Crippen LogP contribution in [-0.2, 0) is 0 Å². The van der Waals surface area contributed by atoms with Crippen LogP contribution in [0.3, 0.4) is 0 Å². The highest BCUT2D eigenvalue weighted by molar-refractivity contribution is 6.45. The number of nitrogens with one attached hydrogen (secondary N) is 2. The summed E-state index contributed by atoms with van der Waals surface area (Å²) in [5.41, 5.74) is 1.59. The monoisotopic (exact) mass is 258 g/mol. The molecule has 2 rings (SSSR count). The van der Waals surface area contributed by atoms with Gasteiger partial charge in [-0.15, -0.1) is 0 Å². The van der Waals surface area contributed by atoms with E-state index in [0.29, 0.717) is 16.6 Å². The second-order valence-corrected chi connectivity index (χ2v) is 4.39. The Bertz CT molecular complexity index is 510. The molecule has 1 unspecified atom stereocenters. The van der Waals surface area contributed by atoms with E-state index < -0.39 is 6.10 Å². The van der Waals surface area contributed by atoms with Crippen LogP contribution in [0.25, 0.3) is 10.9 Å². The van der Waals surface area contributed by atoms with Crippen molar-refractivity contribution >= 4 is 34.1 Å². The van der Waals surface area contributed by atoms with Gasteiger partial charge in [0.1, 0.15) is 0 Å². The molecule has 0 aliphatic carbocycles. The van der Waals surface area contributed by atoms with Gasteiger partial charge in [0.2, 0.25) is 0 Å². The number of aliphatic hydroxyl groups is 1. The number of aliphatic hydroxyl groups excluding tert-OH is 1. The van der Waals surface area contributed by atoms with Crippen LogP contribution in [0.1, 0.15) is 11.7 Å². The van der Waals surface area contributed by atoms with Crippen LogP contribution in [0.15, 0.2) is 18.3 Å². The fraction of sp³-hybridized carbons (Fsp3) is 0.273. The number of hydrogen-bond acceptors (Lipinski definition) is 2. The number of likely N-dealkylation sites (N-methyl/N-ethyl adjacent to an activating group) is 1. The van der Waals surface area contributed by atoms with Crippen molar-refractivity contribution in [3.05, 3.63) is 33.9 Å². The summed E-state index contributed by atoms with van der Waals surface area (Å²) < 4.78 is 0. The minimum Gasteiger partial charge on any atom is -0.387 e. The number of halogens is 2. The van der Waals surface area contributed by atoms with Crippen LogP contribution in [0.2, 0.25) is 10.0 Å². The average molecular weight is 259 g/mol. The van der Waals surface area contributed by atoms with Crippen LogP contribution in [0.5, 0.6) is 0 Å². The normalized spacial score (nSPS) is 13.2. The molecule has 3 nitrogen and oxygen atoms in total. The van der Waals surface area contributed by atoms with Crippen LogP contribution >= 0.6 is 23.2 Å². The fourth-order valence-electron chi connectivity index (χ4n) is 1.74. The molecule has 0 aliphatic rings. The third-order valence-electron chi connectivity index (χ3n) is 2.53. The summed E-state index contributed by atoms with van der Waals surface area (Å²) in [5.74, 6) is 0. The molecular weight excluding hydrogens is 247 g/mol. The molecule has 0 saturated carbocycles. The van der Waals surface area contributed by atoms with Crippen LogP contribution in [0, 0.1) is 0 Å². The van der Waals surface area contributed by atoms with E-state index in [9.17, 15) is 5.11 Å². The molecule has 2 aromatic rings. The van der Waals surface area contributed by atoms with Gasteiger partial charge in [-0.1, -0.05) is 29.3 Å². The first-order valence-corrected chi connectivity index (χ1v) is 5.68. The molecule has 1 atom stereocenters. The van der Waals surface area contributed by atoms with Crippen LogP contribution < -0.4 is 5.32 Å². The zero-order valence-corrected chi connectivity index (χ0v) is 10.2. The number of aromatic amines is 1.